The summed E-state index contributed by atoms with van der Waals surface area (Å²) < 4.78 is 27.7. The molecule has 2 aromatic carbocycles. The van der Waals surface area contributed by atoms with Crippen molar-refractivity contribution >= 4 is 44.5 Å². The number of anilines is 2. The Morgan fingerprint density at radius 2 is 1.77 bits per heavy atom. The van der Waals surface area contributed by atoms with Crippen LogP contribution in [0.15, 0.2) is 70.3 Å². The van der Waals surface area contributed by atoms with Crippen LogP contribution in [0.4, 0.5) is 11.4 Å². The minimum Gasteiger partial charge on any atom is -0.348 e. The van der Waals surface area contributed by atoms with Crippen molar-refractivity contribution in [2.75, 3.05) is 10.0 Å². The maximum absolute atomic E-state index is 12.8. The third-order valence-corrected chi connectivity index (χ3v) is 7.11. The van der Waals surface area contributed by atoms with Crippen LogP contribution in [0.2, 0.25) is 0 Å². The van der Waals surface area contributed by atoms with E-state index in [0.29, 0.717) is 5.69 Å². The lowest BCUT2D eigenvalue weighted by Crippen LogP contribution is -2.25. The highest BCUT2D eigenvalue weighted by Gasteiger charge is 2.19. The molecule has 3 aromatic rings. The lowest BCUT2D eigenvalue weighted by molar-refractivity contribution is -0.118. The van der Waals surface area contributed by atoms with E-state index in [1.54, 1.807) is 53.9 Å². The van der Waals surface area contributed by atoms with Gasteiger partial charge < -0.3 is 10.6 Å². The van der Waals surface area contributed by atoms with Crippen LogP contribution < -0.4 is 15.4 Å². The number of hydrogen-bond donors (Lipinski definition) is 3. The summed E-state index contributed by atoms with van der Waals surface area (Å²) in [7, 11) is -3.77. The normalized spacial score (nSPS) is 11.2. The predicted molar refractivity (Wildman–Crippen MR) is 123 cm³/mol. The molecule has 1 heterocycles. The fourth-order valence-electron chi connectivity index (χ4n) is 2.70. The van der Waals surface area contributed by atoms with Crippen molar-refractivity contribution in [2.45, 2.75) is 24.6 Å². The van der Waals surface area contributed by atoms with Gasteiger partial charge in [-0.15, -0.1) is 11.3 Å². The molecule has 0 radical (unpaired) electrons. The second-order valence-electron chi connectivity index (χ2n) is 7.11. The summed E-state index contributed by atoms with van der Waals surface area (Å²) in [6.45, 7) is 3.84. The Hall–Kier alpha value is -3.17. The summed E-state index contributed by atoms with van der Waals surface area (Å²) >= 11 is 1.10. The first-order valence-electron chi connectivity index (χ1n) is 9.59. The number of thiophene rings is 1. The largest absolute Gasteiger partial charge is 0.348 e. The minimum absolute atomic E-state index is 0.0897. The molecule has 0 aliphatic carbocycles. The van der Waals surface area contributed by atoms with Crippen LogP contribution in [0.25, 0.3) is 0 Å². The Morgan fingerprint density at radius 1 is 1.00 bits per heavy atom. The second-order valence-corrected chi connectivity index (χ2v) is 9.97. The van der Waals surface area contributed by atoms with Crippen LogP contribution in [0.3, 0.4) is 0 Å². The highest BCUT2D eigenvalue weighted by molar-refractivity contribution is 7.94. The highest BCUT2D eigenvalue weighted by atomic mass is 32.2. The molecule has 7 nitrogen and oxygen atoms in total. The van der Waals surface area contributed by atoms with Crippen molar-refractivity contribution < 1.29 is 18.0 Å². The molecule has 3 rings (SSSR count). The number of hydrogen-bond acceptors (Lipinski definition) is 5. The number of nitrogens with one attached hydrogen (secondary N) is 3. The van der Waals surface area contributed by atoms with Crippen LogP contribution in [0.5, 0.6) is 0 Å². The van der Waals surface area contributed by atoms with Crippen molar-refractivity contribution in [2.24, 2.45) is 5.92 Å². The van der Waals surface area contributed by atoms with Gasteiger partial charge in [0.15, 0.2) is 0 Å². The first-order valence-corrected chi connectivity index (χ1v) is 12.0. The topological polar surface area (TPSA) is 104 Å². The average molecular weight is 458 g/mol. The SMILES string of the molecule is CC(C)C(=O)Nc1cccc(CNC(=O)c2ccccc2NS(=O)(=O)c2cccs2)c1. The molecule has 0 spiro atoms. The van der Waals surface area contributed by atoms with Gasteiger partial charge in [0.2, 0.25) is 5.91 Å². The van der Waals surface area contributed by atoms with Crippen LogP contribution in [0, 0.1) is 5.92 Å². The fraction of sp³-hybridized carbons (Fsp3) is 0.182. The molecule has 0 fully saturated rings. The smallest absolute Gasteiger partial charge is 0.271 e. The standard InChI is InChI=1S/C22H23N3O4S2/c1-15(2)21(26)24-17-8-5-7-16(13-17)14-23-22(27)18-9-3-4-10-19(18)25-31(28,29)20-11-6-12-30-20/h3-13,15,25H,14H2,1-2H3,(H,23,27)(H,24,26). The number of benzene rings is 2. The molecule has 1 aromatic heterocycles. The van der Waals surface area contributed by atoms with Crippen molar-refractivity contribution in [3.05, 3.63) is 77.2 Å². The molecule has 162 valence electrons. The van der Waals surface area contributed by atoms with Crippen molar-refractivity contribution in [1.82, 2.24) is 5.32 Å². The van der Waals surface area contributed by atoms with Gasteiger partial charge >= 0.3 is 0 Å². The van der Waals surface area contributed by atoms with Crippen LogP contribution in [-0.2, 0) is 21.4 Å². The van der Waals surface area contributed by atoms with Gasteiger partial charge in [0.1, 0.15) is 4.21 Å². The molecule has 0 bridgehead atoms. The summed E-state index contributed by atoms with van der Waals surface area (Å²) in [5.41, 5.74) is 1.86. The van der Waals surface area contributed by atoms with Gasteiger partial charge in [-0.2, -0.15) is 0 Å². The van der Waals surface area contributed by atoms with Crippen molar-refractivity contribution in [3.63, 3.8) is 0 Å². The molecule has 0 saturated heterocycles. The Morgan fingerprint density at radius 3 is 2.48 bits per heavy atom. The predicted octanol–water partition coefficient (Wildman–Crippen LogP) is 4.07. The molecule has 0 atom stereocenters. The zero-order valence-electron chi connectivity index (χ0n) is 17.1. The molecule has 0 aliphatic heterocycles. The van der Waals surface area contributed by atoms with Gasteiger partial charge in [0, 0.05) is 18.2 Å². The lowest BCUT2D eigenvalue weighted by Gasteiger charge is -2.13. The third kappa shape index (κ3) is 5.93. The second kappa shape index (κ2) is 9.76. The van der Waals surface area contributed by atoms with E-state index in [2.05, 4.69) is 15.4 Å². The van der Waals surface area contributed by atoms with Gasteiger partial charge in [-0.25, -0.2) is 8.42 Å². The monoisotopic (exact) mass is 457 g/mol. The molecule has 0 aliphatic rings. The van der Waals surface area contributed by atoms with E-state index in [-0.39, 0.29) is 33.8 Å². The summed E-state index contributed by atoms with van der Waals surface area (Å²) in [6, 6.07) is 16.8. The highest BCUT2D eigenvalue weighted by Crippen LogP contribution is 2.23. The zero-order valence-corrected chi connectivity index (χ0v) is 18.7. The average Bonchev–Trinajstić information content (AvgIpc) is 3.28. The number of amides is 2. The Kier molecular flexibility index (Phi) is 7.09. The van der Waals surface area contributed by atoms with Crippen LogP contribution >= 0.6 is 11.3 Å². The number of sulfonamides is 1. The summed E-state index contributed by atoms with van der Waals surface area (Å²) in [6.07, 6.45) is 0. The first kappa shape index (κ1) is 22.5. The molecule has 9 heteroatoms. The van der Waals surface area contributed by atoms with E-state index < -0.39 is 15.9 Å². The summed E-state index contributed by atoms with van der Waals surface area (Å²) in [5.74, 6) is -0.646. The van der Waals surface area contributed by atoms with Crippen molar-refractivity contribution in [1.29, 1.82) is 0 Å². The maximum Gasteiger partial charge on any atom is 0.271 e. The molecular formula is C22H23N3O4S2. The summed E-state index contributed by atoms with van der Waals surface area (Å²) in [4.78, 5) is 24.6. The van der Waals surface area contributed by atoms with Gasteiger partial charge in [0.25, 0.3) is 15.9 Å². The lowest BCUT2D eigenvalue weighted by atomic mass is 10.1. The summed E-state index contributed by atoms with van der Waals surface area (Å²) in [5, 5.41) is 7.29. The molecule has 0 unspecified atom stereocenters. The van der Waals surface area contributed by atoms with Crippen LogP contribution in [0.1, 0.15) is 29.8 Å². The zero-order chi connectivity index (χ0) is 22.4. The molecule has 3 N–H and O–H groups in total. The number of carbonyl (C=O) groups is 2. The molecule has 31 heavy (non-hydrogen) atoms. The van der Waals surface area contributed by atoms with Crippen molar-refractivity contribution in [3.8, 4) is 0 Å². The maximum atomic E-state index is 12.8. The van der Waals surface area contributed by atoms with Gasteiger partial charge in [0.05, 0.1) is 11.3 Å². The van der Waals surface area contributed by atoms with E-state index in [1.165, 1.54) is 6.07 Å². The quantitative estimate of drug-likeness (QED) is 0.474. The number of carbonyl (C=O) groups excluding carboxylic acids is 2. The van der Waals surface area contributed by atoms with E-state index in [1.807, 2.05) is 19.9 Å². The fourth-order valence-corrected chi connectivity index (χ4v) is 4.78. The number of para-hydroxylation sites is 1. The molecule has 2 amide bonds. The molecular weight excluding hydrogens is 434 g/mol. The van der Waals surface area contributed by atoms with Crippen LogP contribution in [-0.4, -0.2) is 20.2 Å². The van der Waals surface area contributed by atoms with E-state index in [0.717, 1.165) is 16.9 Å². The van der Waals surface area contributed by atoms with Gasteiger partial charge in [-0.1, -0.05) is 44.2 Å². The Bertz CT molecular complexity index is 1170. The first-order chi connectivity index (χ1) is 14.8. The van der Waals surface area contributed by atoms with Gasteiger partial charge in [-0.05, 0) is 41.3 Å². The Balaban J connectivity index is 1.70. The van der Waals surface area contributed by atoms with E-state index in [4.69, 9.17) is 0 Å². The van der Waals surface area contributed by atoms with E-state index in [9.17, 15) is 18.0 Å². The molecule has 0 saturated carbocycles. The third-order valence-electron chi connectivity index (χ3n) is 4.35. The van der Waals surface area contributed by atoms with E-state index >= 15 is 0 Å². The number of rotatable bonds is 8. The minimum atomic E-state index is -3.77. The Labute approximate surface area is 185 Å². The van der Waals surface area contributed by atoms with Gasteiger partial charge in [-0.3, -0.25) is 14.3 Å².